The third-order valence-corrected chi connectivity index (χ3v) is 3.77. The van der Waals surface area contributed by atoms with Crippen molar-refractivity contribution in [3.8, 4) is 0 Å². The first kappa shape index (κ1) is 13.3. The molecule has 1 heterocycles. The van der Waals surface area contributed by atoms with E-state index >= 15 is 0 Å². The smallest absolute Gasteiger partial charge is 0.286 e. The fourth-order valence-electron chi connectivity index (χ4n) is 1.19. The highest BCUT2D eigenvalue weighted by atomic mass is 79.9. The molecule has 0 aliphatic heterocycles. The highest BCUT2D eigenvalue weighted by molar-refractivity contribution is 9.10. The van der Waals surface area contributed by atoms with Crippen molar-refractivity contribution in [2.45, 2.75) is 0 Å². The Hall–Kier alpha value is -1.18. The summed E-state index contributed by atoms with van der Waals surface area (Å²) in [4.78, 5) is 11.9. The van der Waals surface area contributed by atoms with E-state index in [1.807, 2.05) is 0 Å². The van der Waals surface area contributed by atoms with Gasteiger partial charge in [0.05, 0.1) is 10.7 Å². The summed E-state index contributed by atoms with van der Waals surface area (Å²) in [6.07, 6.45) is 0. The van der Waals surface area contributed by atoms with Crippen LogP contribution in [0.25, 0.3) is 0 Å². The van der Waals surface area contributed by atoms with Crippen LogP contribution in [0.4, 0.5) is 10.8 Å². The Morgan fingerprint density at radius 3 is 2.89 bits per heavy atom. The maximum atomic E-state index is 11.9. The van der Waals surface area contributed by atoms with Gasteiger partial charge in [-0.2, -0.15) is 0 Å². The molecule has 1 aromatic heterocycles. The molecule has 2 N–H and O–H groups in total. The van der Waals surface area contributed by atoms with E-state index in [4.69, 9.17) is 11.6 Å². The van der Waals surface area contributed by atoms with Crippen LogP contribution < -0.4 is 10.6 Å². The van der Waals surface area contributed by atoms with E-state index < -0.39 is 0 Å². The van der Waals surface area contributed by atoms with Gasteiger partial charge in [-0.3, -0.25) is 4.79 Å². The van der Waals surface area contributed by atoms with Crippen LogP contribution in [0.2, 0.25) is 5.02 Å². The van der Waals surface area contributed by atoms with Gasteiger partial charge in [-0.15, -0.1) is 10.2 Å². The lowest BCUT2D eigenvalue weighted by molar-refractivity contribution is 0.102. The van der Waals surface area contributed by atoms with E-state index in [2.05, 4.69) is 36.8 Å². The van der Waals surface area contributed by atoms with Crippen LogP contribution in [-0.2, 0) is 0 Å². The molecule has 0 spiro atoms. The molecule has 0 aliphatic rings. The van der Waals surface area contributed by atoms with Crippen LogP contribution in [0.15, 0.2) is 22.7 Å². The summed E-state index contributed by atoms with van der Waals surface area (Å²) in [7, 11) is 1.72. The molecule has 18 heavy (non-hydrogen) atoms. The molecule has 94 valence electrons. The number of halogens is 2. The SMILES string of the molecule is CNc1nnc(C(=O)Nc2cc(Br)ccc2Cl)s1. The molecule has 0 atom stereocenters. The second-order valence-electron chi connectivity index (χ2n) is 3.24. The lowest BCUT2D eigenvalue weighted by atomic mass is 10.3. The van der Waals surface area contributed by atoms with E-state index in [9.17, 15) is 4.79 Å². The largest absolute Gasteiger partial charge is 0.363 e. The van der Waals surface area contributed by atoms with Gasteiger partial charge in [0.2, 0.25) is 10.1 Å². The summed E-state index contributed by atoms with van der Waals surface area (Å²) in [6, 6.07) is 5.21. The van der Waals surface area contributed by atoms with Crippen molar-refractivity contribution in [3.63, 3.8) is 0 Å². The number of aromatic nitrogens is 2. The minimum absolute atomic E-state index is 0.274. The van der Waals surface area contributed by atoms with Crippen molar-refractivity contribution in [1.82, 2.24) is 10.2 Å². The van der Waals surface area contributed by atoms with Gasteiger partial charge in [-0.25, -0.2) is 0 Å². The van der Waals surface area contributed by atoms with Gasteiger partial charge in [0.25, 0.3) is 5.91 Å². The van der Waals surface area contributed by atoms with Crippen LogP contribution in [0, 0.1) is 0 Å². The van der Waals surface area contributed by atoms with Gasteiger partial charge in [-0.1, -0.05) is 38.9 Å². The lowest BCUT2D eigenvalue weighted by Crippen LogP contribution is -2.11. The van der Waals surface area contributed by atoms with Crippen LogP contribution in [0.3, 0.4) is 0 Å². The first-order valence-electron chi connectivity index (χ1n) is 4.88. The van der Waals surface area contributed by atoms with Crippen LogP contribution in [0.1, 0.15) is 9.80 Å². The number of benzene rings is 1. The molecule has 2 aromatic rings. The summed E-state index contributed by atoms with van der Waals surface area (Å²) in [6.45, 7) is 0. The highest BCUT2D eigenvalue weighted by Crippen LogP contribution is 2.26. The Kier molecular flexibility index (Phi) is 4.15. The Labute approximate surface area is 121 Å². The molecular formula is C10H8BrClN4OS. The molecule has 0 aliphatic carbocycles. The Morgan fingerprint density at radius 2 is 2.22 bits per heavy atom. The molecule has 0 bridgehead atoms. The van der Waals surface area contributed by atoms with Crippen molar-refractivity contribution in [2.75, 3.05) is 17.7 Å². The van der Waals surface area contributed by atoms with Gasteiger partial charge < -0.3 is 10.6 Å². The first-order chi connectivity index (χ1) is 8.60. The number of rotatable bonds is 3. The minimum Gasteiger partial charge on any atom is -0.363 e. The average molecular weight is 348 g/mol. The predicted molar refractivity (Wildman–Crippen MR) is 76.6 cm³/mol. The zero-order chi connectivity index (χ0) is 13.1. The third-order valence-electron chi connectivity index (χ3n) is 2.01. The molecule has 1 amide bonds. The molecule has 0 saturated heterocycles. The van der Waals surface area contributed by atoms with Gasteiger partial charge in [0.1, 0.15) is 0 Å². The van der Waals surface area contributed by atoms with Crippen molar-refractivity contribution in [1.29, 1.82) is 0 Å². The van der Waals surface area contributed by atoms with Crippen LogP contribution in [0.5, 0.6) is 0 Å². The lowest BCUT2D eigenvalue weighted by Gasteiger charge is -2.05. The molecule has 0 fully saturated rings. The molecule has 2 rings (SSSR count). The van der Waals surface area contributed by atoms with Crippen LogP contribution >= 0.6 is 38.9 Å². The molecule has 0 radical (unpaired) electrons. The van der Waals surface area contributed by atoms with E-state index in [1.54, 1.807) is 25.2 Å². The maximum Gasteiger partial charge on any atom is 0.286 e. The molecule has 5 nitrogen and oxygen atoms in total. The minimum atomic E-state index is -0.339. The quantitative estimate of drug-likeness (QED) is 0.894. The summed E-state index contributed by atoms with van der Waals surface area (Å²) in [5.41, 5.74) is 0.525. The Bertz CT molecular complexity index is 589. The van der Waals surface area contributed by atoms with E-state index in [0.29, 0.717) is 15.8 Å². The molecule has 8 heteroatoms. The predicted octanol–water partition coefficient (Wildman–Crippen LogP) is 3.25. The van der Waals surface area contributed by atoms with Gasteiger partial charge >= 0.3 is 0 Å². The average Bonchev–Trinajstić information content (AvgIpc) is 2.82. The van der Waals surface area contributed by atoms with Crippen molar-refractivity contribution >= 4 is 55.6 Å². The number of nitrogens with zero attached hydrogens (tertiary/aromatic N) is 2. The standard InChI is InChI=1S/C10H8BrClN4OS/c1-13-10-16-15-9(18-10)8(17)14-7-4-5(11)2-3-6(7)12/h2-4H,1H3,(H,13,16)(H,14,17). The number of carbonyl (C=O) groups excluding carboxylic acids is 1. The fourth-order valence-corrected chi connectivity index (χ4v) is 2.30. The number of nitrogens with one attached hydrogen (secondary N) is 2. The summed E-state index contributed by atoms with van der Waals surface area (Å²) < 4.78 is 0.829. The number of carbonyl (C=O) groups is 1. The summed E-state index contributed by atoms with van der Waals surface area (Å²) in [5, 5.41) is 14.4. The normalized spacial score (nSPS) is 10.2. The van der Waals surface area contributed by atoms with E-state index in [1.165, 1.54) is 11.3 Å². The fraction of sp³-hybridized carbons (Fsp3) is 0.100. The Balaban J connectivity index is 2.18. The van der Waals surface area contributed by atoms with Crippen molar-refractivity contribution < 1.29 is 4.79 Å². The zero-order valence-electron chi connectivity index (χ0n) is 9.20. The second kappa shape index (κ2) is 5.64. The number of hydrogen-bond donors (Lipinski definition) is 2. The molecule has 0 unspecified atom stereocenters. The number of anilines is 2. The molecule has 1 aromatic carbocycles. The maximum absolute atomic E-state index is 11.9. The second-order valence-corrected chi connectivity index (χ2v) is 5.54. The number of hydrogen-bond acceptors (Lipinski definition) is 5. The summed E-state index contributed by atoms with van der Waals surface area (Å²) in [5.74, 6) is -0.339. The first-order valence-corrected chi connectivity index (χ1v) is 6.86. The van der Waals surface area contributed by atoms with Crippen molar-refractivity contribution in [2.24, 2.45) is 0 Å². The monoisotopic (exact) mass is 346 g/mol. The topological polar surface area (TPSA) is 66.9 Å². The van der Waals surface area contributed by atoms with Crippen LogP contribution in [-0.4, -0.2) is 23.2 Å². The van der Waals surface area contributed by atoms with Gasteiger partial charge in [0.15, 0.2) is 0 Å². The molecular weight excluding hydrogens is 340 g/mol. The Morgan fingerprint density at radius 1 is 1.44 bits per heavy atom. The molecule has 0 saturated carbocycles. The highest BCUT2D eigenvalue weighted by Gasteiger charge is 2.14. The number of amides is 1. The van der Waals surface area contributed by atoms with Crippen molar-refractivity contribution in [3.05, 3.63) is 32.7 Å². The van der Waals surface area contributed by atoms with E-state index in [0.717, 1.165) is 4.47 Å². The summed E-state index contributed by atoms with van der Waals surface area (Å²) >= 11 is 10.5. The van der Waals surface area contributed by atoms with E-state index in [-0.39, 0.29) is 10.9 Å². The third kappa shape index (κ3) is 2.98. The zero-order valence-corrected chi connectivity index (χ0v) is 12.4. The van der Waals surface area contributed by atoms with Gasteiger partial charge in [-0.05, 0) is 18.2 Å². The van der Waals surface area contributed by atoms with Gasteiger partial charge in [0, 0.05) is 11.5 Å².